The molecular weight excluding hydrogens is 311 g/mol. The Balaban J connectivity index is 2.28. The summed E-state index contributed by atoms with van der Waals surface area (Å²) in [6, 6.07) is 9.34. The van der Waals surface area contributed by atoms with Gasteiger partial charge in [-0.1, -0.05) is 22.0 Å². The molecule has 2 aromatic rings. The largest absolute Gasteiger partial charge is 0.397 e. The van der Waals surface area contributed by atoms with Crippen molar-refractivity contribution in [2.75, 3.05) is 11.1 Å². The van der Waals surface area contributed by atoms with Crippen LogP contribution in [0.2, 0.25) is 0 Å². The molecule has 3 nitrogen and oxygen atoms in total. The molecule has 0 saturated carbocycles. The van der Waals surface area contributed by atoms with Gasteiger partial charge in [-0.05, 0) is 42.8 Å². The van der Waals surface area contributed by atoms with Crippen LogP contribution in [0.4, 0.5) is 15.8 Å². The number of carbonyl (C=O) groups excluding carboxylic acids is 1. The van der Waals surface area contributed by atoms with E-state index in [9.17, 15) is 9.18 Å². The quantitative estimate of drug-likeness (QED) is 0.828. The maximum atomic E-state index is 13.2. The summed E-state index contributed by atoms with van der Waals surface area (Å²) in [6.07, 6.45) is 0. The van der Waals surface area contributed by atoms with Crippen molar-refractivity contribution in [3.05, 3.63) is 57.8 Å². The summed E-state index contributed by atoms with van der Waals surface area (Å²) in [5.74, 6) is -0.880. The van der Waals surface area contributed by atoms with E-state index in [1.165, 1.54) is 12.1 Å². The van der Waals surface area contributed by atoms with Gasteiger partial charge in [-0.25, -0.2) is 4.39 Å². The number of aryl methyl sites for hydroxylation is 1. The van der Waals surface area contributed by atoms with Crippen molar-refractivity contribution in [1.82, 2.24) is 0 Å². The fourth-order valence-corrected chi connectivity index (χ4v) is 2.12. The lowest BCUT2D eigenvalue weighted by Crippen LogP contribution is -2.13. The molecule has 98 valence electrons. The van der Waals surface area contributed by atoms with Crippen LogP contribution in [0.3, 0.4) is 0 Å². The Morgan fingerprint density at radius 3 is 2.68 bits per heavy atom. The Morgan fingerprint density at radius 2 is 2.00 bits per heavy atom. The first kappa shape index (κ1) is 13.5. The van der Waals surface area contributed by atoms with E-state index in [1.54, 1.807) is 18.2 Å². The summed E-state index contributed by atoms with van der Waals surface area (Å²) in [5.41, 5.74) is 7.97. The average Bonchev–Trinajstić information content (AvgIpc) is 2.32. The van der Waals surface area contributed by atoms with Crippen molar-refractivity contribution in [3.8, 4) is 0 Å². The maximum absolute atomic E-state index is 13.2. The van der Waals surface area contributed by atoms with E-state index in [-0.39, 0.29) is 5.56 Å². The van der Waals surface area contributed by atoms with E-state index in [2.05, 4.69) is 21.2 Å². The highest BCUT2D eigenvalue weighted by atomic mass is 79.9. The standard InChI is InChI=1S/C14H12BrFN2O/c1-8-2-3-12(17)13(4-8)18-14(19)9-5-10(15)7-11(16)6-9/h2-7H,17H2,1H3,(H,18,19). The van der Waals surface area contributed by atoms with Gasteiger partial charge < -0.3 is 11.1 Å². The summed E-state index contributed by atoms with van der Waals surface area (Å²) in [5, 5.41) is 2.67. The van der Waals surface area contributed by atoms with E-state index >= 15 is 0 Å². The van der Waals surface area contributed by atoms with E-state index in [0.717, 1.165) is 5.56 Å². The molecule has 2 rings (SSSR count). The fourth-order valence-electron chi connectivity index (χ4n) is 1.66. The van der Waals surface area contributed by atoms with Gasteiger partial charge in [-0.15, -0.1) is 0 Å². The highest BCUT2D eigenvalue weighted by Crippen LogP contribution is 2.21. The van der Waals surface area contributed by atoms with Crippen molar-refractivity contribution in [3.63, 3.8) is 0 Å². The third-order valence-electron chi connectivity index (χ3n) is 2.58. The maximum Gasteiger partial charge on any atom is 0.255 e. The van der Waals surface area contributed by atoms with E-state index < -0.39 is 11.7 Å². The molecule has 1 amide bonds. The van der Waals surface area contributed by atoms with Gasteiger partial charge in [0, 0.05) is 10.0 Å². The van der Waals surface area contributed by atoms with Crippen molar-refractivity contribution in [1.29, 1.82) is 0 Å². The van der Waals surface area contributed by atoms with Gasteiger partial charge in [0.15, 0.2) is 0 Å². The Bertz CT molecular complexity index is 623. The molecule has 0 aliphatic heterocycles. The molecule has 5 heteroatoms. The van der Waals surface area contributed by atoms with E-state index in [0.29, 0.717) is 15.8 Å². The van der Waals surface area contributed by atoms with Crippen LogP contribution in [0.5, 0.6) is 0 Å². The summed E-state index contributed by atoms with van der Waals surface area (Å²) >= 11 is 3.15. The van der Waals surface area contributed by atoms with Gasteiger partial charge in [0.2, 0.25) is 0 Å². The van der Waals surface area contributed by atoms with Crippen molar-refractivity contribution >= 4 is 33.2 Å². The molecule has 0 radical (unpaired) electrons. The van der Waals surface area contributed by atoms with Crippen molar-refractivity contribution in [2.24, 2.45) is 0 Å². The highest BCUT2D eigenvalue weighted by molar-refractivity contribution is 9.10. The average molecular weight is 323 g/mol. The highest BCUT2D eigenvalue weighted by Gasteiger charge is 2.10. The first-order chi connectivity index (χ1) is 8.95. The SMILES string of the molecule is Cc1ccc(N)c(NC(=O)c2cc(F)cc(Br)c2)c1. The van der Waals surface area contributed by atoms with Crippen LogP contribution < -0.4 is 11.1 Å². The van der Waals surface area contributed by atoms with Crippen LogP contribution >= 0.6 is 15.9 Å². The van der Waals surface area contributed by atoms with Crippen LogP contribution in [-0.2, 0) is 0 Å². The topological polar surface area (TPSA) is 55.1 Å². The van der Waals surface area contributed by atoms with Gasteiger partial charge in [-0.3, -0.25) is 4.79 Å². The minimum atomic E-state index is -0.475. The summed E-state index contributed by atoms with van der Waals surface area (Å²) in [6.45, 7) is 1.90. The predicted molar refractivity (Wildman–Crippen MR) is 77.6 cm³/mol. The minimum absolute atomic E-state index is 0.229. The molecule has 0 aliphatic carbocycles. The van der Waals surface area contributed by atoms with Gasteiger partial charge in [0.05, 0.1) is 11.4 Å². The number of nitrogens with one attached hydrogen (secondary N) is 1. The number of nitrogen functional groups attached to an aromatic ring is 1. The monoisotopic (exact) mass is 322 g/mol. The van der Waals surface area contributed by atoms with Crippen molar-refractivity contribution < 1.29 is 9.18 Å². The number of hydrogen-bond donors (Lipinski definition) is 2. The molecule has 0 spiro atoms. The molecule has 0 aliphatic rings. The second-order valence-electron chi connectivity index (χ2n) is 4.20. The molecule has 0 bridgehead atoms. The molecule has 0 unspecified atom stereocenters. The third kappa shape index (κ3) is 3.32. The number of anilines is 2. The third-order valence-corrected chi connectivity index (χ3v) is 3.04. The smallest absolute Gasteiger partial charge is 0.255 e. The first-order valence-corrected chi connectivity index (χ1v) is 6.38. The zero-order chi connectivity index (χ0) is 14.0. The molecule has 0 saturated heterocycles. The number of benzene rings is 2. The Labute approximate surface area is 118 Å². The number of amides is 1. The Morgan fingerprint density at radius 1 is 1.26 bits per heavy atom. The molecule has 2 aromatic carbocycles. The molecule has 0 aromatic heterocycles. The lowest BCUT2D eigenvalue weighted by Gasteiger charge is -2.09. The van der Waals surface area contributed by atoms with Crippen LogP contribution in [0, 0.1) is 12.7 Å². The van der Waals surface area contributed by atoms with Crippen LogP contribution in [0.15, 0.2) is 40.9 Å². The van der Waals surface area contributed by atoms with Crippen LogP contribution in [0.25, 0.3) is 0 Å². The lowest BCUT2D eigenvalue weighted by molar-refractivity contribution is 0.102. The number of carbonyl (C=O) groups is 1. The summed E-state index contributed by atoms with van der Waals surface area (Å²) in [7, 11) is 0. The predicted octanol–water partition coefficient (Wildman–Crippen LogP) is 3.73. The fraction of sp³-hybridized carbons (Fsp3) is 0.0714. The van der Waals surface area contributed by atoms with Gasteiger partial charge in [-0.2, -0.15) is 0 Å². The number of nitrogens with two attached hydrogens (primary N) is 1. The van der Waals surface area contributed by atoms with Crippen LogP contribution in [-0.4, -0.2) is 5.91 Å². The normalized spacial score (nSPS) is 10.3. The summed E-state index contributed by atoms with van der Waals surface area (Å²) < 4.78 is 13.7. The molecule has 3 N–H and O–H groups in total. The van der Waals surface area contributed by atoms with E-state index in [4.69, 9.17) is 5.73 Å². The van der Waals surface area contributed by atoms with Gasteiger partial charge in [0.25, 0.3) is 5.91 Å². The Kier molecular flexibility index (Phi) is 3.85. The molecule has 0 fully saturated rings. The van der Waals surface area contributed by atoms with E-state index in [1.807, 2.05) is 13.0 Å². The second-order valence-corrected chi connectivity index (χ2v) is 5.12. The zero-order valence-electron chi connectivity index (χ0n) is 10.2. The molecule has 0 heterocycles. The molecule has 19 heavy (non-hydrogen) atoms. The van der Waals surface area contributed by atoms with Gasteiger partial charge in [0.1, 0.15) is 5.82 Å². The molecule has 0 atom stereocenters. The van der Waals surface area contributed by atoms with Gasteiger partial charge >= 0.3 is 0 Å². The zero-order valence-corrected chi connectivity index (χ0v) is 11.8. The minimum Gasteiger partial charge on any atom is -0.397 e. The molecular formula is C14H12BrFN2O. The number of hydrogen-bond acceptors (Lipinski definition) is 2. The lowest BCUT2D eigenvalue weighted by atomic mass is 10.1. The second kappa shape index (κ2) is 5.40. The Hall–Kier alpha value is -1.88. The summed E-state index contributed by atoms with van der Waals surface area (Å²) in [4.78, 5) is 12.0. The van der Waals surface area contributed by atoms with Crippen LogP contribution in [0.1, 0.15) is 15.9 Å². The number of halogens is 2. The van der Waals surface area contributed by atoms with Crippen molar-refractivity contribution in [2.45, 2.75) is 6.92 Å². The first-order valence-electron chi connectivity index (χ1n) is 5.59. The number of rotatable bonds is 2.